The average Bonchev–Trinajstić information content (AvgIpc) is 2.87. The van der Waals surface area contributed by atoms with Crippen LogP contribution < -0.4 is 15.4 Å². The zero-order chi connectivity index (χ0) is 16.8. The first-order valence-corrected chi connectivity index (χ1v) is 7.92. The standard InChI is InChI=1S/C15H18N2O5S/c1-21-10-5-3-9(4-6-10)16-12(18)8-13-17-15(20)11(23-13)7-14(19)22-2/h3-6,11,13H,7-8H2,1-2H3,(H,16,18)(H,17,20). The van der Waals surface area contributed by atoms with Gasteiger partial charge in [0.25, 0.3) is 0 Å². The molecule has 2 rings (SSSR count). The molecule has 124 valence electrons. The third-order valence-corrected chi connectivity index (χ3v) is 4.57. The van der Waals surface area contributed by atoms with Crippen molar-refractivity contribution in [3.63, 3.8) is 0 Å². The molecule has 23 heavy (non-hydrogen) atoms. The SMILES string of the molecule is COC(=O)CC1SC(CC(=O)Nc2ccc(OC)cc2)NC1=O. The molecule has 1 aliphatic rings. The summed E-state index contributed by atoms with van der Waals surface area (Å²) in [4.78, 5) is 35.0. The van der Waals surface area contributed by atoms with Crippen LogP contribution in [0.2, 0.25) is 0 Å². The van der Waals surface area contributed by atoms with Gasteiger partial charge in [-0.15, -0.1) is 11.8 Å². The fourth-order valence-electron chi connectivity index (χ4n) is 2.08. The van der Waals surface area contributed by atoms with Crippen molar-refractivity contribution in [1.82, 2.24) is 5.32 Å². The van der Waals surface area contributed by atoms with Crippen LogP contribution in [-0.2, 0) is 19.1 Å². The summed E-state index contributed by atoms with van der Waals surface area (Å²) in [5.41, 5.74) is 0.649. The van der Waals surface area contributed by atoms with E-state index in [1.807, 2.05) is 0 Å². The number of anilines is 1. The molecule has 0 spiro atoms. The third-order valence-electron chi connectivity index (χ3n) is 3.25. The zero-order valence-electron chi connectivity index (χ0n) is 12.8. The average molecular weight is 338 g/mol. The fraction of sp³-hybridized carbons (Fsp3) is 0.400. The monoisotopic (exact) mass is 338 g/mol. The molecule has 0 radical (unpaired) electrons. The number of carbonyl (C=O) groups is 3. The van der Waals surface area contributed by atoms with E-state index in [1.54, 1.807) is 31.4 Å². The molecule has 1 saturated heterocycles. The summed E-state index contributed by atoms with van der Waals surface area (Å²) < 4.78 is 9.60. The van der Waals surface area contributed by atoms with Crippen molar-refractivity contribution < 1.29 is 23.9 Å². The fourth-order valence-corrected chi connectivity index (χ4v) is 3.33. The number of benzene rings is 1. The lowest BCUT2D eigenvalue weighted by atomic mass is 10.2. The Labute approximate surface area is 138 Å². The molecule has 0 saturated carbocycles. The highest BCUT2D eigenvalue weighted by Crippen LogP contribution is 2.28. The van der Waals surface area contributed by atoms with Gasteiger partial charge in [-0.3, -0.25) is 14.4 Å². The van der Waals surface area contributed by atoms with Crippen LogP contribution in [0.25, 0.3) is 0 Å². The maximum absolute atomic E-state index is 12.0. The molecule has 2 amide bonds. The van der Waals surface area contributed by atoms with Crippen molar-refractivity contribution >= 4 is 35.2 Å². The molecule has 7 nitrogen and oxygen atoms in total. The summed E-state index contributed by atoms with van der Waals surface area (Å²) in [6.45, 7) is 0. The number of thioether (sulfide) groups is 1. The Hall–Kier alpha value is -2.22. The van der Waals surface area contributed by atoms with E-state index in [4.69, 9.17) is 4.74 Å². The minimum Gasteiger partial charge on any atom is -0.497 e. The second-order valence-corrected chi connectivity index (χ2v) is 6.29. The molecule has 0 bridgehead atoms. The number of nitrogens with one attached hydrogen (secondary N) is 2. The Bertz CT molecular complexity index is 590. The number of carbonyl (C=O) groups excluding carboxylic acids is 3. The summed E-state index contributed by atoms with van der Waals surface area (Å²) in [5.74, 6) is -0.206. The van der Waals surface area contributed by atoms with Crippen molar-refractivity contribution in [2.24, 2.45) is 0 Å². The van der Waals surface area contributed by atoms with Crippen molar-refractivity contribution in [2.45, 2.75) is 23.5 Å². The number of methoxy groups -OCH3 is 2. The number of hydrogen-bond donors (Lipinski definition) is 2. The predicted octanol–water partition coefficient (Wildman–Crippen LogP) is 1.14. The van der Waals surface area contributed by atoms with E-state index in [1.165, 1.54) is 18.9 Å². The first-order chi connectivity index (χ1) is 11.0. The maximum Gasteiger partial charge on any atom is 0.307 e. The summed E-state index contributed by atoms with van der Waals surface area (Å²) >= 11 is 1.27. The third kappa shape index (κ3) is 4.88. The predicted molar refractivity (Wildman–Crippen MR) is 86.2 cm³/mol. The quantitative estimate of drug-likeness (QED) is 0.756. The van der Waals surface area contributed by atoms with E-state index in [0.717, 1.165) is 0 Å². The van der Waals surface area contributed by atoms with E-state index in [0.29, 0.717) is 11.4 Å². The van der Waals surface area contributed by atoms with Gasteiger partial charge in [-0.1, -0.05) is 0 Å². The van der Waals surface area contributed by atoms with Gasteiger partial charge in [0.1, 0.15) is 5.75 Å². The van der Waals surface area contributed by atoms with Gasteiger partial charge in [-0.25, -0.2) is 0 Å². The van der Waals surface area contributed by atoms with Crippen LogP contribution in [0.1, 0.15) is 12.8 Å². The molecule has 2 N–H and O–H groups in total. The van der Waals surface area contributed by atoms with Crippen LogP contribution in [0.3, 0.4) is 0 Å². The van der Waals surface area contributed by atoms with Gasteiger partial charge in [0.2, 0.25) is 11.8 Å². The van der Waals surface area contributed by atoms with Gasteiger partial charge in [-0.05, 0) is 24.3 Å². The Balaban J connectivity index is 1.83. The van der Waals surface area contributed by atoms with E-state index in [-0.39, 0.29) is 30.0 Å². The van der Waals surface area contributed by atoms with Crippen LogP contribution in [0.4, 0.5) is 5.69 Å². The molecule has 1 aromatic rings. The number of esters is 1. The normalized spacial score (nSPS) is 19.8. The highest BCUT2D eigenvalue weighted by atomic mass is 32.2. The summed E-state index contributed by atoms with van der Waals surface area (Å²) in [6, 6.07) is 6.95. The van der Waals surface area contributed by atoms with E-state index >= 15 is 0 Å². The van der Waals surface area contributed by atoms with Gasteiger partial charge in [0.15, 0.2) is 0 Å². The van der Waals surface area contributed by atoms with Crippen LogP contribution in [-0.4, -0.2) is 42.6 Å². The van der Waals surface area contributed by atoms with Gasteiger partial charge in [0.05, 0.1) is 37.7 Å². The van der Waals surface area contributed by atoms with Crippen LogP contribution in [0.15, 0.2) is 24.3 Å². The lowest BCUT2D eigenvalue weighted by Gasteiger charge is -2.10. The highest BCUT2D eigenvalue weighted by molar-refractivity contribution is 8.01. The largest absolute Gasteiger partial charge is 0.497 e. The van der Waals surface area contributed by atoms with Gasteiger partial charge in [-0.2, -0.15) is 0 Å². The van der Waals surface area contributed by atoms with Crippen LogP contribution in [0.5, 0.6) is 5.75 Å². The molecule has 1 aromatic carbocycles. The van der Waals surface area contributed by atoms with E-state index in [9.17, 15) is 14.4 Å². The molecule has 1 aliphatic heterocycles. The summed E-state index contributed by atoms with van der Waals surface area (Å²) in [5, 5.41) is 4.59. The molecular weight excluding hydrogens is 320 g/mol. The number of rotatable bonds is 6. The van der Waals surface area contributed by atoms with E-state index in [2.05, 4.69) is 15.4 Å². The highest BCUT2D eigenvalue weighted by Gasteiger charge is 2.35. The Morgan fingerprint density at radius 1 is 1.22 bits per heavy atom. The van der Waals surface area contributed by atoms with Gasteiger partial charge < -0.3 is 20.1 Å². The van der Waals surface area contributed by atoms with Crippen molar-refractivity contribution in [3.8, 4) is 5.75 Å². The Kier molecular flexibility index (Phi) is 5.86. The van der Waals surface area contributed by atoms with E-state index < -0.39 is 11.2 Å². The number of hydrogen-bond acceptors (Lipinski definition) is 6. The summed E-state index contributed by atoms with van der Waals surface area (Å²) in [6.07, 6.45) is 0.129. The molecule has 8 heteroatoms. The smallest absolute Gasteiger partial charge is 0.307 e. The topological polar surface area (TPSA) is 93.7 Å². The molecule has 1 fully saturated rings. The lowest BCUT2D eigenvalue weighted by molar-refractivity contribution is -0.141. The molecule has 0 aliphatic carbocycles. The molecule has 0 aromatic heterocycles. The first-order valence-electron chi connectivity index (χ1n) is 6.98. The zero-order valence-corrected chi connectivity index (χ0v) is 13.6. The van der Waals surface area contributed by atoms with Crippen LogP contribution in [0, 0.1) is 0 Å². The number of ether oxygens (including phenoxy) is 2. The molecule has 2 unspecified atom stereocenters. The van der Waals surface area contributed by atoms with Crippen LogP contribution >= 0.6 is 11.8 Å². The molecular formula is C15H18N2O5S. The second-order valence-electron chi connectivity index (χ2n) is 4.88. The minimum atomic E-state index is -0.513. The van der Waals surface area contributed by atoms with Crippen molar-refractivity contribution in [2.75, 3.05) is 19.5 Å². The Morgan fingerprint density at radius 2 is 1.91 bits per heavy atom. The molecule has 2 atom stereocenters. The second kappa shape index (κ2) is 7.87. The first kappa shape index (κ1) is 17.1. The van der Waals surface area contributed by atoms with Crippen molar-refractivity contribution in [3.05, 3.63) is 24.3 Å². The van der Waals surface area contributed by atoms with Crippen molar-refractivity contribution in [1.29, 1.82) is 0 Å². The maximum atomic E-state index is 12.0. The number of amides is 2. The lowest BCUT2D eigenvalue weighted by Crippen LogP contribution is -2.31. The Morgan fingerprint density at radius 3 is 2.52 bits per heavy atom. The molecule has 1 heterocycles. The minimum absolute atomic E-state index is 0.00357. The van der Waals surface area contributed by atoms with Gasteiger partial charge in [0, 0.05) is 5.69 Å². The van der Waals surface area contributed by atoms with Gasteiger partial charge >= 0.3 is 5.97 Å². The summed E-state index contributed by atoms with van der Waals surface area (Å²) in [7, 11) is 2.85.